The van der Waals surface area contributed by atoms with E-state index in [0.29, 0.717) is 0 Å². The number of carboxylic acid groups (broad SMARTS) is 1. The van der Waals surface area contributed by atoms with Crippen molar-refractivity contribution in [2.75, 3.05) is 12.9 Å². The Bertz CT molecular complexity index is 306. The molecule has 0 unspecified atom stereocenters. The molecule has 0 aromatic heterocycles. The van der Waals surface area contributed by atoms with Crippen molar-refractivity contribution in [1.29, 1.82) is 0 Å². The first-order valence-corrected chi connectivity index (χ1v) is 5.33. The zero-order valence-corrected chi connectivity index (χ0v) is 7.34. The molecule has 70 valence electrons. The van der Waals surface area contributed by atoms with Crippen LogP contribution in [-0.4, -0.2) is 42.7 Å². The van der Waals surface area contributed by atoms with Crippen LogP contribution in [0.2, 0.25) is 0 Å². The third kappa shape index (κ3) is 1.21. The second-order valence-corrected chi connectivity index (χ2v) is 5.37. The third-order valence-electron chi connectivity index (χ3n) is 2.23. The Morgan fingerprint density at radius 1 is 1.67 bits per heavy atom. The van der Waals surface area contributed by atoms with E-state index in [4.69, 9.17) is 10.2 Å². The molecule has 1 rings (SSSR count). The fraction of sp³-hybridized carbons (Fsp3) is 0.833. The maximum absolute atomic E-state index is 10.9. The van der Waals surface area contributed by atoms with Gasteiger partial charge < -0.3 is 10.2 Å². The fourth-order valence-corrected chi connectivity index (χ4v) is 2.89. The zero-order chi connectivity index (χ0) is 9.57. The molecule has 0 saturated heterocycles. The molecule has 0 heterocycles. The van der Waals surface area contributed by atoms with E-state index in [2.05, 4.69) is 0 Å². The minimum Gasteiger partial charge on any atom is -0.481 e. The predicted molar refractivity (Wildman–Crippen MR) is 40.4 cm³/mol. The van der Waals surface area contributed by atoms with Crippen molar-refractivity contribution in [2.45, 2.75) is 11.7 Å². The fourth-order valence-electron chi connectivity index (χ4n) is 1.29. The van der Waals surface area contributed by atoms with E-state index in [-0.39, 0.29) is 6.42 Å². The average molecular weight is 194 g/mol. The minimum absolute atomic E-state index is 0.0255. The van der Waals surface area contributed by atoms with Crippen LogP contribution in [0.25, 0.3) is 0 Å². The van der Waals surface area contributed by atoms with Crippen molar-refractivity contribution < 1.29 is 23.4 Å². The number of hydrogen-bond donors (Lipinski definition) is 2. The molecule has 1 fully saturated rings. The number of aliphatic hydroxyl groups is 1. The number of aliphatic carboxylic acids is 1. The maximum atomic E-state index is 10.9. The molecule has 5 nitrogen and oxygen atoms in total. The van der Waals surface area contributed by atoms with Crippen LogP contribution in [0, 0.1) is 5.41 Å². The second kappa shape index (κ2) is 2.43. The molecule has 2 atom stereocenters. The summed E-state index contributed by atoms with van der Waals surface area (Å²) in [5.41, 5.74) is -1.42. The molecule has 0 bridgehead atoms. The number of carbonyl (C=O) groups is 1. The van der Waals surface area contributed by atoms with Gasteiger partial charge in [-0.15, -0.1) is 0 Å². The summed E-state index contributed by atoms with van der Waals surface area (Å²) in [6.45, 7) is -0.611. The highest BCUT2D eigenvalue weighted by Gasteiger charge is 2.65. The maximum Gasteiger partial charge on any atom is 0.313 e. The van der Waals surface area contributed by atoms with Crippen molar-refractivity contribution in [3.8, 4) is 0 Å². The van der Waals surface area contributed by atoms with E-state index < -0.39 is 33.1 Å². The van der Waals surface area contributed by atoms with Gasteiger partial charge in [0.2, 0.25) is 0 Å². The van der Waals surface area contributed by atoms with Gasteiger partial charge in [-0.05, 0) is 6.42 Å². The van der Waals surface area contributed by atoms with Gasteiger partial charge in [-0.1, -0.05) is 0 Å². The molecule has 1 aliphatic carbocycles. The summed E-state index contributed by atoms with van der Waals surface area (Å²) in [7, 11) is -3.34. The highest BCUT2D eigenvalue weighted by Crippen LogP contribution is 2.50. The van der Waals surface area contributed by atoms with Gasteiger partial charge in [-0.25, -0.2) is 8.42 Å². The lowest BCUT2D eigenvalue weighted by molar-refractivity contribution is -0.144. The Balaban J connectivity index is 2.89. The van der Waals surface area contributed by atoms with Crippen LogP contribution in [0.4, 0.5) is 0 Å². The largest absolute Gasteiger partial charge is 0.481 e. The molecule has 12 heavy (non-hydrogen) atoms. The Hall–Kier alpha value is -0.620. The summed E-state index contributed by atoms with van der Waals surface area (Å²) in [4.78, 5) is 10.5. The number of aliphatic hydroxyl groups excluding tert-OH is 1. The molecular weight excluding hydrogens is 184 g/mol. The molecule has 0 amide bonds. The van der Waals surface area contributed by atoms with E-state index in [0.717, 1.165) is 6.26 Å². The second-order valence-electron chi connectivity index (χ2n) is 3.14. The van der Waals surface area contributed by atoms with Gasteiger partial charge in [-0.2, -0.15) is 0 Å². The van der Waals surface area contributed by atoms with Crippen LogP contribution in [0.3, 0.4) is 0 Å². The number of rotatable bonds is 3. The molecule has 2 N–H and O–H groups in total. The predicted octanol–water partition coefficient (Wildman–Crippen LogP) is -1.13. The van der Waals surface area contributed by atoms with Gasteiger partial charge in [0, 0.05) is 6.26 Å². The molecule has 0 spiro atoms. The van der Waals surface area contributed by atoms with E-state index in [1.165, 1.54) is 0 Å². The van der Waals surface area contributed by atoms with E-state index >= 15 is 0 Å². The van der Waals surface area contributed by atoms with Crippen molar-refractivity contribution >= 4 is 15.8 Å². The standard InChI is InChI=1S/C6H10O5S/c1-12(10,11)4-2-6(4,3-7)5(8)9/h4,7H,2-3H2,1H3,(H,8,9)/t4-,6-/m0/s1. The monoisotopic (exact) mass is 194 g/mol. The van der Waals surface area contributed by atoms with Crippen molar-refractivity contribution in [1.82, 2.24) is 0 Å². The summed E-state index contributed by atoms with van der Waals surface area (Å²) < 4.78 is 21.8. The number of hydrogen-bond acceptors (Lipinski definition) is 4. The summed E-state index contributed by atoms with van der Waals surface area (Å²) in [5.74, 6) is -1.24. The lowest BCUT2D eigenvalue weighted by Gasteiger charge is -2.05. The highest BCUT2D eigenvalue weighted by molar-refractivity contribution is 7.91. The van der Waals surface area contributed by atoms with Crippen LogP contribution in [0.1, 0.15) is 6.42 Å². The summed E-state index contributed by atoms with van der Waals surface area (Å²) in [5, 5.41) is 16.4. The Morgan fingerprint density at radius 3 is 2.25 bits per heavy atom. The van der Waals surface area contributed by atoms with Gasteiger partial charge >= 0.3 is 5.97 Å². The van der Waals surface area contributed by atoms with Crippen LogP contribution in [0.15, 0.2) is 0 Å². The first-order valence-electron chi connectivity index (χ1n) is 3.38. The van der Waals surface area contributed by atoms with Gasteiger partial charge in [-0.3, -0.25) is 4.79 Å². The smallest absolute Gasteiger partial charge is 0.313 e. The molecule has 0 radical (unpaired) electrons. The molecular formula is C6H10O5S. The van der Waals surface area contributed by atoms with E-state index in [1.807, 2.05) is 0 Å². The summed E-state index contributed by atoms with van der Waals surface area (Å²) in [6, 6.07) is 0. The van der Waals surface area contributed by atoms with Crippen LogP contribution < -0.4 is 0 Å². The lowest BCUT2D eigenvalue weighted by atomic mass is 10.1. The number of sulfone groups is 1. The van der Waals surface area contributed by atoms with Gasteiger partial charge in [0.25, 0.3) is 0 Å². The van der Waals surface area contributed by atoms with E-state index in [1.54, 1.807) is 0 Å². The minimum atomic E-state index is -3.34. The zero-order valence-electron chi connectivity index (χ0n) is 6.52. The van der Waals surface area contributed by atoms with Crippen molar-refractivity contribution in [2.24, 2.45) is 5.41 Å². The SMILES string of the molecule is CS(=O)(=O)[C@H]1C[C@@]1(CO)C(=O)O. The summed E-state index contributed by atoms with van der Waals surface area (Å²) in [6.07, 6.45) is 1.01. The van der Waals surface area contributed by atoms with Gasteiger partial charge in [0.15, 0.2) is 9.84 Å². The molecule has 0 aliphatic heterocycles. The Morgan fingerprint density at radius 2 is 2.17 bits per heavy atom. The normalized spacial score (nSPS) is 34.7. The van der Waals surface area contributed by atoms with Crippen molar-refractivity contribution in [3.63, 3.8) is 0 Å². The molecule has 6 heteroatoms. The average Bonchev–Trinajstić information content (AvgIpc) is 2.60. The third-order valence-corrected chi connectivity index (χ3v) is 3.88. The van der Waals surface area contributed by atoms with Crippen LogP contribution in [0.5, 0.6) is 0 Å². The lowest BCUT2D eigenvalue weighted by Crippen LogP contribution is -2.26. The Kier molecular flexibility index (Phi) is 1.92. The molecule has 0 aromatic carbocycles. The quantitative estimate of drug-likeness (QED) is 0.593. The first-order chi connectivity index (χ1) is 5.34. The topological polar surface area (TPSA) is 91.7 Å². The van der Waals surface area contributed by atoms with Crippen LogP contribution in [-0.2, 0) is 14.6 Å². The van der Waals surface area contributed by atoms with Gasteiger partial charge in [0.1, 0.15) is 5.41 Å². The van der Waals surface area contributed by atoms with Crippen LogP contribution >= 0.6 is 0 Å². The van der Waals surface area contributed by atoms with E-state index in [9.17, 15) is 13.2 Å². The molecule has 0 aromatic rings. The van der Waals surface area contributed by atoms with Gasteiger partial charge in [0.05, 0.1) is 11.9 Å². The van der Waals surface area contributed by atoms with Crippen molar-refractivity contribution in [3.05, 3.63) is 0 Å². The molecule has 1 saturated carbocycles. The number of carboxylic acids is 1. The molecule has 1 aliphatic rings. The highest BCUT2D eigenvalue weighted by atomic mass is 32.2. The first kappa shape index (κ1) is 9.47. The summed E-state index contributed by atoms with van der Waals surface area (Å²) >= 11 is 0. The Labute approximate surface area is 69.9 Å².